The number of aromatic carboxylic acids is 1. The van der Waals surface area contributed by atoms with Gasteiger partial charge in [-0.25, -0.2) is 4.79 Å². The average molecular weight is 308 g/mol. The van der Waals surface area contributed by atoms with Gasteiger partial charge < -0.3 is 25.2 Å². The van der Waals surface area contributed by atoms with E-state index in [1.807, 2.05) is 0 Å². The van der Waals surface area contributed by atoms with Gasteiger partial charge in [-0.1, -0.05) is 12.1 Å². The van der Waals surface area contributed by atoms with Crippen molar-refractivity contribution < 1.29 is 24.2 Å². The van der Waals surface area contributed by atoms with E-state index in [-0.39, 0.29) is 29.7 Å². The van der Waals surface area contributed by atoms with Crippen LogP contribution in [0.15, 0.2) is 24.3 Å². The first-order valence-corrected chi connectivity index (χ1v) is 7.17. The number of ether oxygens (including phenoxy) is 2. The van der Waals surface area contributed by atoms with Gasteiger partial charge in [0, 0.05) is 25.6 Å². The molecule has 0 saturated carbocycles. The summed E-state index contributed by atoms with van der Waals surface area (Å²) in [6.07, 6.45) is 0. The zero-order valence-electron chi connectivity index (χ0n) is 12.2. The fourth-order valence-electron chi connectivity index (χ4n) is 2.11. The third-order valence-electron chi connectivity index (χ3n) is 3.27. The van der Waals surface area contributed by atoms with E-state index in [4.69, 9.17) is 14.6 Å². The molecule has 2 rings (SSSR count). The Labute approximate surface area is 128 Å². The van der Waals surface area contributed by atoms with Crippen LogP contribution in [0.25, 0.3) is 0 Å². The second kappa shape index (κ2) is 8.35. The number of para-hydroxylation sites is 1. The summed E-state index contributed by atoms with van der Waals surface area (Å²) < 4.78 is 10.7. The van der Waals surface area contributed by atoms with Crippen LogP contribution < -0.4 is 15.4 Å². The molecule has 1 aliphatic rings. The molecule has 0 radical (unpaired) electrons. The van der Waals surface area contributed by atoms with Crippen LogP contribution in [0.5, 0.6) is 5.75 Å². The largest absolute Gasteiger partial charge is 0.483 e. The van der Waals surface area contributed by atoms with E-state index in [0.29, 0.717) is 19.8 Å². The topological polar surface area (TPSA) is 96.9 Å². The molecule has 120 valence electrons. The van der Waals surface area contributed by atoms with Crippen molar-refractivity contribution >= 4 is 11.9 Å². The fourth-order valence-corrected chi connectivity index (χ4v) is 2.11. The Hall–Kier alpha value is -2.12. The molecule has 3 N–H and O–H groups in total. The second-order valence-corrected chi connectivity index (χ2v) is 5.04. The molecular formula is C15H20N2O5. The Bertz CT molecular complexity index is 512. The number of nitrogens with one attached hydrogen (secondary N) is 2. The smallest absolute Gasteiger partial charge is 0.339 e. The first-order valence-electron chi connectivity index (χ1n) is 7.17. The maximum absolute atomic E-state index is 11.8. The van der Waals surface area contributed by atoms with Gasteiger partial charge in [0.1, 0.15) is 11.3 Å². The standard InChI is InChI=1S/C15H20N2O5/c18-14(17-8-11-7-16-5-6-21-9-11)10-22-13-4-2-1-3-12(13)15(19)20/h1-4,11,16H,5-10H2,(H,17,18)(H,19,20). The van der Waals surface area contributed by atoms with Crippen molar-refractivity contribution in [3.63, 3.8) is 0 Å². The van der Waals surface area contributed by atoms with Gasteiger partial charge in [0.05, 0.1) is 13.2 Å². The van der Waals surface area contributed by atoms with E-state index in [1.165, 1.54) is 12.1 Å². The van der Waals surface area contributed by atoms with Crippen LogP contribution in [0.1, 0.15) is 10.4 Å². The highest BCUT2D eigenvalue weighted by Gasteiger charge is 2.15. The summed E-state index contributed by atoms with van der Waals surface area (Å²) in [5.74, 6) is -0.968. The number of hydrogen-bond donors (Lipinski definition) is 3. The zero-order valence-corrected chi connectivity index (χ0v) is 12.2. The Morgan fingerprint density at radius 3 is 3.05 bits per heavy atom. The van der Waals surface area contributed by atoms with Gasteiger partial charge in [-0.3, -0.25) is 4.79 Å². The molecular weight excluding hydrogens is 288 g/mol. The van der Waals surface area contributed by atoms with Crippen LogP contribution in [0.2, 0.25) is 0 Å². The lowest BCUT2D eigenvalue weighted by Gasteiger charge is -2.15. The number of amides is 1. The van der Waals surface area contributed by atoms with Crippen LogP contribution in [-0.2, 0) is 9.53 Å². The molecule has 1 amide bonds. The lowest BCUT2D eigenvalue weighted by atomic mass is 10.1. The van der Waals surface area contributed by atoms with Gasteiger partial charge in [0.25, 0.3) is 5.91 Å². The minimum Gasteiger partial charge on any atom is -0.483 e. The summed E-state index contributed by atoms with van der Waals surface area (Å²) in [6.45, 7) is 3.18. The van der Waals surface area contributed by atoms with E-state index in [2.05, 4.69) is 10.6 Å². The predicted molar refractivity (Wildman–Crippen MR) is 79.1 cm³/mol. The molecule has 0 spiro atoms. The van der Waals surface area contributed by atoms with Crippen molar-refractivity contribution in [3.8, 4) is 5.75 Å². The van der Waals surface area contributed by atoms with E-state index >= 15 is 0 Å². The molecule has 0 bridgehead atoms. The number of hydrogen-bond acceptors (Lipinski definition) is 5. The third kappa shape index (κ3) is 5.01. The molecule has 1 heterocycles. The van der Waals surface area contributed by atoms with E-state index in [1.54, 1.807) is 12.1 Å². The summed E-state index contributed by atoms with van der Waals surface area (Å²) in [7, 11) is 0. The molecule has 1 aromatic carbocycles. The molecule has 0 aromatic heterocycles. The number of rotatable bonds is 6. The Morgan fingerprint density at radius 1 is 1.41 bits per heavy atom. The molecule has 0 aliphatic carbocycles. The number of carboxylic acids is 1. The zero-order chi connectivity index (χ0) is 15.8. The second-order valence-electron chi connectivity index (χ2n) is 5.04. The van der Waals surface area contributed by atoms with Crippen LogP contribution >= 0.6 is 0 Å². The van der Waals surface area contributed by atoms with E-state index < -0.39 is 5.97 Å². The Morgan fingerprint density at radius 2 is 2.23 bits per heavy atom. The van der Waals surface area contributed by atoms with Crippen LogP contribution in [0, 0.1) is 5.92 Å². The van der Waals surface area contributed by atoms with Crippen molar-refractivity contribution in [2.75, 3.05) is 39.5 Å². The highest BCUT2D eigenvalue weighted by molar-refractivity contribution is 5.91. The summed E-state index contributed by atoms with van der Waals surface area (Å²) in [5.41, 5.74) is 0.0386. The number of carbonyl (C=O) groups excluding carboxylic acids is 1. The molecule has 1 fully saturated rings. The monoisotopic (exact) mass is 308 g/mol. The van der Waals surface area contributed by atoms with Crippen LogP contribution in [0.4, 0.5) is 0 Å². The predicted octanol–water partition coefficient (Wildman–Crippen LogP) is 0.116. The van der Waals surface area contributed by atoms with Crippen molar-refractivity contribution in [2.45, 2.75) is 0 Å². The summed E-state index contributed by atoms with van der Waals surface area (Å²) in [6, 6.07) is 6.23. The van der Waals surface area contributed by atoms with Gasteiger partial charge in [0.2, 0.25) is 0 Å². The quantitative estimate of drug-likeness (QED) is 0.690. The molecule has 1 unspecified atom stereocenters. The molecule has 1 aliphatic heterocycles. The van der Waals surface area contributed by atoms with Gasteiger partial charge in [-0.15, -0.1) is 0 Å². The molecule has 7 heteroatoms. The van der Waals surface area contributed by atoms with Gasteiger partial charge >= 0.3 is 5.97 Å². The van der Waals surface area contributed by atoms with Crippen LogP contribution in [-0.4, -0.2) is 56.4 Å². The number of carbonyl (C=O) groups is 2. The average Bonchev–Trinajstić information content (AvgIpc) is 2.79. The SMILES string of the molecule is O=C(COc1ccccc1C(=O)O)NCC1CNCCOC1. The van der Waals surface area contributed by atoms with E-state index in [9.17, 15) is 9.59 Å². The molecule has 1 aromatic rings. The number of carboxylic acid groups (broad SMARTS) is 1. The lowest BCUT2D eigenvalue weighted by molar-refractivity contribution is -0.123. The lowest BCUT2D eigenvalue weighted by Crippen LogP contribution is -2.37. The number of benzene rings is 1. The molecule has 7 nitrogen and oxygen atoms in total. The maximum atomic E-state index is 11.8. The Kier molecular flexibility index (Phi) is 6.17. The van der Waals surface area contributed by atoms with Gasteiger partial charge in [-0.2, -0.15) is 0 Å². The van der Waals surface area contributed by atoms with Gasteiger partial charge in [0.15, 0.2) is 6.61 Å². The van der Waals surface area contributed by atoms with Crippen molar-refractivity contribution in [1.82, 2.24) is 10.6 Å². The highest BCUT2D eigenvalue weighted by Crippen LogP contribution is 2.17. The Balaban J connectivity index is 1.77. The van der Waals surface area contributed by atoms with Crippen molar-refractivity contribution in [1.29, 1.82) is 0 Å². The fraction of sp³-hybridized carbons (Fsp3) is 0.467. The summed E-state index contributed by atoms with van der Waals surface area (Å²) >= 11 is 0. The van der Waals surface area contributed by atoms with E-state index in [0.717, 1.165) is 13.1 Å². The maximum Gasteiger partial charge on any atom is 0.339 e. The first-order chi connectivity index (χ1) is 10.7. The van der Waals surface area contributed by atoms with Crippen LogP contribution in [0.3, 0.4) is 0 Å². The molecule has 1 saturated heterocycles. The summed E-state index contributed by atoms with van der Waals surface area (Å²) in [4.78, 5) is 22.8. The minimum absolute atomic E-state index is 0.0386. The van der Waals surface area contributed by atoms with Crippen molar-refractivity contribution in [2.24, 2.45) is 5.92 Å². The normalized spacial score (nSPS) is 18.3. The summed E-state index contributed by atoms with van der Waals surface area (Å²) in [5, 5.41) is 15.0. The van der Waals surface area contributed by atoms with Gasteiger partial charge in [-0.05, 0) is 12.1 Å². The highest BCUT2D eigenvalue weighted by atomic mass is 16.5. The minimum atomic E-state index is -1.09. The molecule has 22 heavy (non-hydrogen) atoms. The third-order valence-corrected chi connectivity index (χ3v) is 3.27. The first kappa shape index (κ1) is 16.3. The molecule has 1 atom stereocenters. The van der Waals surface area contributed by atoms with Crippen molar-refractivity contribution in [3.05, 3.63) is 29.8 Å².